The molecule has 15 heavy (non-hydrogen) atoms. The van der Waals surface area contributed by atoms with Crippen LogP contribution in [0, 0.1) is 6.92 Å². The normalized spacial score (nSPS) is 25.1. The largest absolute Gasteiger partial charge is 0.474 e. The van der Waals surface area contributed by atoms with Gasteiger partial charge >= 0.3 is 0 Å². The molecule has 1 aromatic rings. The first-order valence-electron chi connectivity index (χ1n) is 5.41. The molecule has 0 unspecified atom stereocenters. The highest BCUT2D eigenvalue weighted by atomic mass is 16.5. The Bertz CT molecular complexity index is 332. The third-order valence-electron chi connectivity index (χ3n) is 2.98. The van der Waals surface area contributed by atoms with Crippen LogP contribution in [0.5, 0.6) is 5.88 Å². The Morgan fingerprint density at radius 3 is 2.73 bits per heavy atom. The number of pyridine rings is 1. The summed E-state index contributed by atoms with van der Waals surface area (Å²) in [6, 6.07) is 4.65. The molecule has 0 atom stereocenters. The number of rotatable bonds is 3. The molecule has 0 radical (unpaired) electrons. The van der Waals surface area contributed by atoms with Crippen LogP contribution < -0.4 is 4.74 Å². The van der Waals surface area contributed by atoms with Crippen molar-refractivity contribution in [1.29, 1.82) is 0 Å². The maximum atomic E-state index is 5.77. The van der Waals surface area contributed by atoms with Crippen LogP contribution in [0.4, 0.5) is 0 Å². The summed E-state index contributed by atoms with van der Waals surface area (Å²) in [6.45, 7) is 2.05. The lowest BCUT2D eigenvalue weighted by Gasteiger charge is -2.39. The van der Waals surface area contributed by atoms with Crippen molar-refractivity contribution in [2.24, 2.45) is 0 Å². The molecular formula is C12H18N2O. The van der Waals surface area contributed by atoms with Gasteiger partial charge in [-0.05, 0) is 32.6 Å². The van der Waals surface area contributed by atoms with Crippen LogP contribution in [0.15, 0.2) is 18.3 Å². The first kappa shape index (κ1) is 10.4. The molecule has 1 saturated carbocycles. The van der Waals surface area contributed by atoms with Gasteiger partial charge in [0.25, 0.3) is 0 Å². The predicted molar refractivity (Wildman–Crippen MR) is 60.1 cm³/mol. The summed E-state index contributed by atoms with van der Waals surface area (Å²) in [5.74, 6) is 0.761. The summed E-state index contributed by atoms with van der Waals surface area (Å²) in [6.07, 6.45) is 4.38. The van der Waals surface area contributed by atoms with Crippen LogP contribution >= 0.6 is 0 Å². The highest BCUT2D eigenvalue weighted by Crippen LogP contribution is 2.27. The van der Waals surface area contributed by atoms with Crippen molar-refractivity contribution in [1.82, 2.24) is 9.88 Å². The molecule has 1 aromatic heterocycles. The van der Waals surface area contributed by atoms with Crippen molar-refractivity contribution in [2.45, 2.75) is 31.9 Å². The van der Waals surface area contributed by atoms with Gasteiger partial charge < -0.3 is 9.64 Å². The minimum Gasteiger partial charge on any atom is -0.474 e. The number of aromatic nitrogens is 1. The number of nitrogens with zero attached hydrogens (tertiary/aromatic N) is 2. The first-order valence-corrected chi connectivity index (χ1v) is 5.41. The average Bonchev–Trinajstić information content (AvgIpc) is 2.10. The van der Waals surface area contributed by atoms with E-state index in [2.05, 4.69) is 30.9 Å². The second-order valence-corrected chi connectivity index (χ2v) is 4.50. The van der Waals surface area contributed by atoms with Crippen LogP contribution in [-0.2, 0) is 0 Å². The number of ether oxygens (including phenoxy) is 1. The zero-order valence-electron chi connectivity index (χ0n) is 9.60. The maximum Gasteiger partial charge on any atom is 0.213 e. The van der Waals surface area contributed by atoms with E-state index >= 15 is 0 Å². The topological polar surface area (TPSA) is 25.4 Å². The van der Waals surface area contributed by atoms with Crippen LogP contribution in [0.25, 0.3) is 0 Å². The Hall–Kier alpha value is -1.09. The van der Waals surface area contributed by atoms with E-state index < -0.39 is 0 Å². The lowest BCUT2D eigenvalue weighted by molar-refractivity contribution is 0.0370. The smallest absolute Gasteiger partial charge is 0.213 e. The summed E-state index contributed by atoms with van der Waals surface area (Å²) < 4.78 is 5.77. The molecule has 0 amide bonds. The van der Waals surface area contributed by atoms with Gasteiger partial charge in [-0.15, -0.1) is 0 Å². The molecule has 0 saturated heterocycles. The molecule has 1 fully saturated rings. The standard InChI is InChI=1S/C12H18N2O/c1-9-4-5-13-12(6-9)15-11-7-10(8-11)14(2)3/h4-6,10-11H,7-8H2,1-3H3/t10-,11+. The van der Waals surface area contributed by atoms with Gasteiger partial charge in [-0.3, -0.25) is 0 Å². The van der Waals surface area contributed by atoms with E-state index in [0.29, 0.717) is 12.1 Å². The van der Waals surface area contributed by atoms with Crippen molar-refractivity contribution >= 4 is 0 Å². The third kappa shape index (κ3) is 2.48. The van der Waals surface area contributed by atoms with Crippen molar-refractivity contribution in [3.63, 3.8) is 0 Å². The quantitative estimate of drug-likeness (QED) is 0.755. The lowest BCUT2D eigenvalue weighted by atomic mass is 9.88. The predicted octanol–water partition coefficient (Wildman–Crippen LogP) is 1.86. The molecule has 82 valence electrons. The number of aryl methyl sites for hydroxylation is 1. The molecule has 1 heterocycles. The summed E-state index contributed by atoms with van der Waals surface area (Å²) in [7, 11) is 4.23. The summed E-state index contributed by atoms with van der Waals surface area (Å²) in [5.41, 5.74) is 1.20. The molecule has 1 aliphatic rings. The van der Waals surface area contributed by atoms with E-state index in [9.17, 15) is 0 Å². The summed E-state index contributed by atoms with van der Waals surface area (Å²) >= 11 is 0. The Balaban J connectivity index is 1.85. The fourth-order valence-corrected chi connectivity index (χ4v) is 1.80. The number of hydrogen-bond acceptors (Lipinski definition) is 3. The highest BCUT2D eigenvalue weighted by Gasteiger charge is 2.32. The Morgan fingerprint density at radius 2 is 2.13 bits per heavy atom. The van der Waals surface area contributed by atoms with E-state index in [0.717, 1.165) is 18.7 Å². The van der Waals surface area contributed by atoms with Gasteiger partial charge in [-0.25, -0.2) is 4.98 Å². The molecule has 3 nitrogen and oxygen atoms in total. The zero-order chi connectivity index (χ0) is 10.8. The molecular weight excluding hydrogens is 188 g/mol. The zero-order valence-corrected chi connectivity index (χ0v) is 9.60. The van der Waals surface area contributed by atoms with Crippen molar-refractivity contribution in [3.8, 4) is 5.88 Å². The van der Waals surface area contributed by atoms with Gasteiger partial charge in [0, 0.05) is 31.1 Å². The van der Waals surface area contributed by atoms with E-state index in [1.54, 1.807) is 6.20 Å². The molecule has 0 aliphatic heterocycles. The molecule has 1 aliphatic carbocycles. The van der Waals surface area contributed by atoms with Crippen LogP contribution in [-0.4, -0.2) is 36.1 Å². The van der Waals surface area contributed by atoms with E-state index in [4.69, 9.17) is 4.74 Å². The third-order valence-corrected chi connectivity index (χ3v) is 2.98. The second kappa shape index (κ2) is 4.19. The van der Waals surface area contributed by atoms with Gasteiger partial charge in [0.2, 0.25) is 5.88 Å². The van der Waals surface area contributed by atoms with Crippen molar-refractivity contribution in [3.05, 3.63) is 23.9 Å². The van der Waals surface area contributed by atoms with Gasteiger partial charge in [-0.1, -0.05) is 0 Å². The Labute approximate surface area is 91.1 Å². The monoisotopic (exact) mass is 206 g/mol. The molecule has 3 heteroatoms. The summed E-state index contributed by atoms with van der Waals surface area (Å²) in [5, 5.41) is 0. The van der Waals surface area contributed by atoms with Gasteiger partial charge in [0.1, 0.15) is 6.10 Å². The second-order valence-electron chi connectivity index (χ2n) is 4.50. The molecule has 0 aromatic carbocycles. The Kier molecular flexibility index (Phi) is 2.91. The van der Waals surface area contributed by atoms with Crippen molar-refractivity contribution < 1.29 is 4.74 Å². The highest BCUT2D eigenvalue weighted by molar-refractivity contribution is 5.19. The molecule has 0 bridgehead atoms. The SMILES string of the molecule is Cc1ccnc(O[C@H]2C[C@@H](N(C)C)C2)c1. The fourth-order valence-electron chi connectivity index (χ4n) is 1.80. The van der Waals surface area contributed by atoms with Gasteiger partial charge in [0.15, 0.2) is 0 Å². The van der Waals surface area contributed by atoms with Gasteiger partial charge in [0.05, 0.1) is 0 Å². The van der Waals surface area contributed by atoms with Crippen LogP contribution in [0.3, 0.4) is 0 Å². The lowest BCUT2D eigenvalue weighted by Crippen LogP contribution is -2.46. The maximum absolute atomic E-state index is 5.77. The summed E-state index contributed by atoms with van der Waals surface area (Å²) in [4.78, 5) is 6.45. The fraction of sp³-hybridized carbons (Fsp3) is 0.583. The molecule has 2 rings (SSSR count). The van der Waals surface area contributed by atoms with Gasteiger partial charge in [-0.2, -0.15) is 0 Å². The van der Waals surface area contributed by atoms with E-state index in [1.165, 1.54) is 5.56 Å². The Morgan fingerprint density at radius 1 is 1.40 bits per heavy atom. The van der Waals surface area contributed by atoms with Crippen LogP contribution in [0.1, 0.15) is 18.4 Å². The molecule has 0 N–H and O–H groups in total. The van der Waals surface area contributed by atoms with Crippen LogP contribution in [0.2, 0.25) is 0 Å². The van der Waals surface area contributed by atoms with E-state index in [-0.39, 0.29) is 0 Å². The van der Waals surface area contributed by atoms with E-state index in [1.807, 2.05) is 12.1 Å². The minimum atomic E-state index is 0.353. The molecule has 0 spiro atoms. The first-order chi connectivity index (χ1) is 7.15. The van der Waals surface area contributed by atoms with Crippen molar-refractivity contribution in [2.75, 3.05) is 14.1 Å². The minimum absolute atomic E-state index is 0.353. The number of hydrogen-bond donors (Lipinski definition) is 0. The average molecular weight is 206 g/mol.